The number of thiophene rings is 1. The summed E-state index contributed by atoms with van der Waals surface area (Å²) in [5.74, 6) is 1.03. The van der Waals surface area contributed by atoms with Crippen LogP contribution in [0.5, 0.6) is 11.5 Å². The van der Waals surface area contributed by atoms with E-state index in [4.69, 9.17) is 14.4 Å². The highest BCUT2D eigenvalue weighted by molar-refractivity contribution is 7.11. The highest BCUT2D eigenvalue weighted by atomic mass is 32.1. The standard InChI is InChI=1S/C14H7NO3S/c15-6-13-14(11-3-1-2-4-12(11)18-13)17-9-5-10(7-16)19-8-9/h1-5,7-8H. The molecule has 0 N–H and O–H groups in total. The summed E-state index contributed by atoms with van der Waals surface area (Å²) < 4.78 is 11.1. The molecule has 2 heterocycles. The van der Waals surface area contributed by atoms with Crippen LogP contribution in [-0.4, -0.2) is 6.29 Å². The molecule has 0 radical (unpaired) electrons. The monoisotopic (exact) mass is 269 g/mol. The van der Waals surface area contributed by atoms with Crippen LogP contribution in [0.25, 0.3) is 11.0 Å². The van der Waals surface area contributed by atoms with Crippen molar-refractivity contribution >= 4 is 28.6 Å². The van der Waals surface area contributed by atoms with Gasteiger partial charge in [-0.25, -0.2) is 0 Å². The third-order valence-corrected chi connectivity index (χ3v) is 3.42. The Balaban J connectivity index is 2.08. The minimum Gasteiger partial charge on any atom is -0.451 e. The van der Waals surface area contributed by atoms with E-state index in [2.05, 4.69) is 0 Å². The summed E-state index contributed by atoms with van der Waals surface area (Å²) in [6, 6.07) is 10.9. The summed E-state index contributed by atoms with van der Waals surface area (Å²) in [6.07, 6.45) is 0.760. The maximum Gasteiger partial charge on any atom is 0.247 e. The number of hydrogen-bond acceptors (Lipinski definition) is 5. The smallest absolute Gasteiger partial charge is 0.247 e. The average Bonchev–Trinajstić information content (AvgIpc) is 3.04. The van der Waals surface area contributed by atoms with E-state index >= 15 is 0 Å². The molecule has 5 heteroatoms. The van der Waals surface area contributed by atoms with E-state index in [0.717, 1.165) is 11.7 Å². The SMILES string of the molecule is N#Cc1oc2ccccc2c1Oc1csc(C=O)c1. The maximum atomic E-state index is 10.6. The molecule has 0 saturated heterocycles. The van der Waals surface area contributed by atoms with Gasteiger partial charge in [0.2, 0.25) is 5.76 Å². The topological polar surface area (TPSA) is 63.2 Å². The van der Waals surface area contributed by atoms with Gasteiger partial charge in [-0.15, -0.1) is 11.3 Å². The van der Waals surface area contributed by atoms with Crippen LogP contribution in [0.3, 0.4) is 0 Å². The van der Waals surface area contributed by atoms with Crippen LogP contribution in [0, 0.1) is 11.3 Å². The molecule has 1 aromatic carbocycles. The molecule has 0 aliphatic heterocycles. The number of hydrogen-bond donors (Lipinski definition) is 0. The Morgan fingerprint density at radius 3 is 2.95 bits per heavy atom. The van der Waals surface area contributed by atoms with Crippen LogP contribution in [0.4, 0.5) is 0 Å². The molecule has 0 atom stereocenters. The van der Waals surface area contributed by atoms with Gasteiger partial charge in [-0.2, -0.15) is 5.26 Å². The van der Waals surface area contributed by atoms with Crippen molar-refractivity contribution in [2.75, 3.05) is 0 Å². The van der Waals surface area contributed by atoms with Crippen LogP contribution >= 0.6 is 11.3 Å². The Hall–Kier alpha value is -2.58. The van der Waals surface area contributed by atoms with Gasteiger partial charge in [-0.05, 0) is 12.1 Å². The fourth-order valence-corrected chi connectivity index (χ4v) is 2.37. The Kier molecular flexibility index (Phi) is 2.78. The quantitative estimate of drug-likeness (QED) is 0.675. The van der Waals surface area contributed by atoms with Crippen molar-refractivity contribution in [3.05, 3.63) is 46.3 Å². The van der Waals surface area contributed by atoms with Gasteiger partial charge in [-0.1, -0.05) is 12.1 Å². The molecule has 3 aromatic rings. The van der Waals surface area contributed by atoms with E-state index in [1.807, 2.05) is 24.3 Å². The lowest BCUT2D eigenvalue weighted by Gasteiger charge is -2.00. The van der Waals surface area contributed by atoms with E-state index in [1.165, 1.54) is 11.3 Å². The summed E-state index contributed by atoms with van der Waals surface area (Å²) in [4.78, 5) is 11.2. The predicted molar refractivity (Wildman–Crippen MR) is 70.7 cm³/mol. The molecular formula is C14H7NO3S. The number of benzene rings is 1. The zero-order valence-corrected chi connectivity index (χ0v) is 10.4. The van der Waals surface area contributed by atoms with Gasteiger partial charge in [0.25, 0.3) is 0 Å². The fourth-order valence-electron chi connectivity index (χ4n) is 1.76. The molecule has 0 fully saturated rings. The lowest BCUT2D eigenvalue weighted by molar-refractivity contribution is 0.112. The normalized spacial score (nSPS) is 10.3. The molecule has 0 spiro atoms. The van der Waals surface area contributed by atoms with Gasteiger partial charge in [-0.3, -0.25) is 4.79 Å². The molecule has 0 aliphatic carbocycles. The molecule has 0 unspecified atom stereocenters. The first-order chi connectivity index (χ1) is 9.31. The maximum absolute atomic E-state index is 10.6. The minimum atomic E-state index is 0.125. The van der Waals surface area contributed by atoms with Crippen molar-refractivity contribution < 1.29 is 13.9 Å². The number of fused-ring (bicyclic) bond motifs is 1. The van der Waals surface area contributed by atoms with Crippen molar-refractivity contribution in [3.8, 4) is 17.6 Å². The summed E-state index contributed by atoms with van der Waals surface area (Å²) in [7, 11) is 0. The van der Waals surface area contributed by atoms with Crippen LogP contribution < -0.4 is 4.74 Å². The van der Waals surface area contributed by atoms with Crippen LogP contribution in [-0.2, 0) is 0 Å². The van der Waals surface area contributed by atoms with Crippen molar-refractivity contribution in [2.45, 2.75) is 0 Å². The predicted octanol–water partition coefficient (Wildman–Crippen LogP) is 3.97. The Bertz CT molecular complexity index is 794. The van der Waals surface area contributed by atoms with E-state index in [0.29, 0.717) is 22.0 Å². The highest BCUT2D eigenvalue weighted by Gasteiger charge is 2.16. The zero-order chi connectivity index (χ0) is 13.2. The molecule has 92 valence electrons. The first kappa shape index (κ1) is 11.5. The van der Waals surface area contributed by atoms with Gasteiger partial charge in [0.1, 0.15) is 17.4 Å². The molecular weight excluding hydrogens is 262 g/mol. The van der Waals surface area contributed by atoms with Gasteiger partial charge < -0.3 is 9.15 Å². The largest absolute Gasteiger partial charge is 0.451 e. The van der Waals surface area contributed by atoms with Crippen LogP contribution in [0.2, 0.25) is 0 Å². The summed E-state index contributed by atoms with van der Waals surface area (Å²) in [6.45, 7) is 0. The number of nitrogens with zero attached hydrogens (tertiary/aromatic N) is 1. The molecule has 3 rings (SSSR count). The van der Waals surface area contributed by atoms with E-state index in [-0.39, 0.29) is 5.76 Å². The number of carbonyl (C=O) groups excluding carboxylic acids is 1. The number of rotatable bonds is 3. The van der Waals surface area contributed by atoms with Crippen molar-refractivity contribution in [1.82, 2.24) is 0 Å². The first-order valence-corrected chi connectivity index (χ1v) is 6.33. The highest BCUT2D eigenvalue weighted by Crippen LogP contribution is 2.36. The van der Waals surface area contributed by atoms with Crippen molar-refractivity contribution in [2.24, 2.45) is 0 Å². The number of nitriles is 1. The van der Waals surface area contributed by atoms with E-state index in [9.17, 15) is 4.79 Å². The number of furan rings is 1. The summed E-state index contributed by atoms with van der Waals surface area (Å²) in [5.41, 5.74) is 0.597. The first-order valence-electron chi connectivity index (χ1n) is 5.45. The zero-order valence-electron chi connectivity index (χ0n) is 9.62. The molecule has 0 aliphatic rings. The lowest BCUT2D eigenvalue weighted by Crippen LogP contribution is -1.83. The molecule has 4 nitrogen and oxygen atoms in total. The van der Waals surface area contributed by atoms with Gasteiger partial charge in [0, 0.05) is 11.4 Å². The average molecular weight is 269 g/mol. The fraction of sp³-hybridized carbons (Fsp3) is 0. The summed E-state index contributed by atoms with van der Waals surface area (Å²) in [5, 5.41) is 11.5. The third kappa shape index (κ3) is 1.98. The van der Waals surface area contributed by atoms with Crippen molar-refractivity contribution in [3.63, 3.8) is 0 Å². The number of ether oxygens (including phenoxy) is 1. The second-order valence-corrected chi connectivity index (χ2v) is 4.72. The minimum absolute atomic E-state index is 0.125. The Morgan fingerprint density at radius 1 is 1.37 bits per heavy atom. The van der Waals surface area contributed by atoms with Gasteiger partial charge in [0.05, 0.1) is 10.3 Å². The van der Waals surface area contributed by atoms with Crippen LogP contribution in [0.1, 0.15) is 15.4 Å². The molecule has 19 heavy (non-hydrogen) atoms. The Labute approximate surface area is 112 Å². The number of aldehydes is 1. The number of carbonyl (C=O) groups is 1. The van der Waals surface area contributed by atoms with Crippen molar-refractivity contribution in [1.29, 1.82) is 5.26 Å². The summed E-state index contributed by atoms with van der Waals surface area (Å²) >= 11 is 1.28. The molecule has 2 aromatic heterocycles. The van der Waals surface area contributed by atoms with E-state index in [1.54, 1.807) is 17.5 Å². The number of para-hydroxylation sites is 1. The lowest BCUT2D eigenvalue weighted by atomic mass is 10.2. The molecule has 0 bridgehead atoms. The molecule has 0 amide bonds. The Morgan fingerprint density at radius 2 is 2.21 bits per heavy atom. The second kappa shape index (κ2) is 4.59. The van der Waals surface area contributed by atoms with Gasteiger partial charge in [0.15, 0.2) is 12.0 Å². The molecule has 0 saturated carbocycles. The second-order valence-electron chi connectivity index (χ2n) is 3.77. The van der Waals surface area contributed by atoms with Crippen LogP contribution in [0.15, 0.2) is 40.1 Å². The third-order valence-electron chi connectivity index (χ3n) is 2.58. The van der Waals surface area contributed by atoms with Gasteiger partial charge >= 0.3 is 0 Å². The van der Waals surface area contributed by atoms with E-state index < -0.39 is 0 Å².